The number of nitrogens with zero attached hydrogens (tertiary/aromatic N) is 1. The number of rotatable bonds is 6. The summed E-state index contributed by atoms with van der Waals surface area (Å²) >= 11 is 0. The van der Waals surface area contributed by atoms with Crippen LogP contribution in [0.2, 0.25) is 0 Å². The van der Waals surface area contributed by atoms with E-state index in [-0.39, 0.29) is 0 Å². The maximum Gasteiger partial charge on any atom is 0.0767 e. The van der Waals surface area contributed by atoms with Crippen LogP contribution in [0.3, 0.4) is 0 Å². The molecule has 80 valence electrons. The Morgan fingerprint density at radius 3 is 1.92 bits per heavy atom. The average molecular weight is 187 g/mol. The summed E-state index contributed by atoms with van der Waals surface area (Å²) < 4.78 is 0. The van der Waals surface area contributed by atoms with E-state index in [1.165, 1.54) is 6.42 Å². The molecule has 0 spiro atoms. The SMILES string of the molecule is CC(C)CC(C)CC(C)ON(C)C. The first kappa shape index (κ1) is 12.9. The van der Waals surface area contributed by atoms with E-state index >= 15 is 0 Å². The van der Waals surface area contributed by atoms with Crippen molar-refractivity contribution in [2.24, 2.45) is 11.8 Å². The van der Waals surface area contributed by atoms with Crippen LogP contribution in [0.1, 0.15) is 40.5 Å². The van der Waals surface area contributed by atoms with Crippen molar-refractivity contribution >= 4 is 0 Å². The highest BCUT2D eigenvalue weighted by molar-refractivity contribution is 4.60. The predicted molar refractivity (Wildman–Crippen MR) is 57.5 cm³/mol. The van der Waals surface area contributed by atoms with Crippen LogP contribution in [0.15, 0.2) is 0 Å². The zero-order chi connectivity index (χ0) is 10.4. The quantitative estimate of drug-likeness (QED) is 0.593. The first-order chi connectivity index (χ1) is 5.91. The fourth-order valence-corrected chi connectivity index (χ4v) is 1.87. The topological polar surface area (TPSA) is 12.5 Å². The Labute approximate surface area is 83.2 Å². The van der Waals surface area contributed by atoms with Gasteiger partial charge in [0, 0.05) is 14.1 Å². The average Bonchev–Trinajstić information content (AvgIpc) is 1.80. The minimum atomic E-state index is 0.337. The van der Waals surface area contributed by atoms with E-state index in [4.69, 9.17) is 4.84 Å². The molecule has 0 rings (SSSR count). The van der Waals surface area contributed by atoms with Crippen molar-refractivity contribution in [3.05, 3.63) is 0 Å². The van der Waals surface area contributed by atoms with E-state index in [1.807, 2.05) is 14.1 Å². The standard InChI is InChI=1S/C11H25NO/c1-9(2)7-10(3)8-11(4)13-12(5)6/h9-11H,7-8H2,1-6H3. The summed E-state index contributed by atoms with van der Waals surface area (Å²) in [5, 5.41) is 1.78. The normalized spacial score (nSPS) is 16.6. The minimum absolute atomic E-state index is 0.337. The molecule has 0 saturated carbocycles. The van der Waals surface area contributed by atoms with Gasteiger partial charge in [-0.1, -0.05) is 20.8 Å². The van der Waals surface area contributed by atoms with Crippen molar-refractivity contribution in [3.8, 4) is 0 Å². The molecular formula is C11H25NO. The van der Waals surface area contributed by atoms with E-state index in [2.05, 4.69) is 27.7 Å². The van der Waals surface area contributed by atoms with Crippen molar-refractivity contribution in [1.29, 1.82) is 0 Å². The lowest BCUT2D eigenvalue weighted by atomic mass is 9.94. The second-order valence-corrected chi connectivity index (χ2v) is 4.70. The Morgan fingerprint density at radius 1 is 1.00 bits per heavy atom. The van der Waals surface area contributed by atoms with Crippen LogP contribution >= 0.6 is 0 Å². The minimum Gasteiger partial charge on any atom is -0.297 e. The molecule has 2 nitrogen and oxygen atoms in total. The summed E-state index contributed by atoms with van der Waals surface area (Å²) in [6.45, 7) is 8.98. The monoisotopic (exact) mass is 187 g/mol. The Balaban J connectivity index is 3.58. The third kappa shape index (κ3) is 8.26. The highest BCUT2D eigenvalue weighted by atomic mass is 16.7. The molecule has 0 aliphatic rings. The molecule has 0 bridgehead atoms. The molecule has 2 heteroatoms. The van der Waals surface area contributed by atoms with Gasteiger partial charge in [0.05, 0.1) is 6.10 Å². The smallest absolute Gasteiger partial charge is 0.0767 e. The molecule has 0 aliphatic carbocycles. The maximum atomic E-state index is 5.54. The second kappa shape index (κ2) is 6.39. The van der Waals surface area contributed by atoms with Crippen LogP contribution < -0.4 is 0 Å². The van der Waals surface area contributed by atoms with Gasteiger partial charge in [-0.3, -0.25) is 4.84 Å². The van der Waals surface area contributed by atoms with Gasteiger partial charge >= 0.3 is 0 Å². The predicted octanol–water partition coefficient (Wildman–Crippen LogP) is 2.94. The second-order valence-electron chi connectivity index (χ2n) is 4.70. The molecule has 0 aliphatic heterocycles. The molecule has 0 heterocycles. The van der Waals surface area contributed by atoms with Gasteiger partial charge in [-0.05, 0) is 31.6 Å². The maximum absolute atomic E-state index is 5.54. The highest BCUT2D eigenvalue weighted by Crippen LogP contribution is 2.17. The lowest BCUT2D eigenvalue weighted by Gasteiger charge is -2.21. The summed E-state index contributed by atoms with van der Waals surface area (Å²) in [5.74, 6) is 1.55. The van der Waals surface area contributed by atoms with Crippen molar-refractivity contribution in [1.82, 2.24) is 5.06 Å². The van der Waals surface area contributed by atoms with E-state index < -0.39 is 0 Å². The van der Waals surface area contributed by atoms with Gasteiger partial charge in [-0.15, -0.1) is 0 Å². The molecule has 0 aromatic rings. The van der Waals surface area contributed by atoms with Crippen LogP contribution in [-0.2, 0) is 4.84 Å². The first-order valence-corrected chi connectivity index (χ1v) is 5.26. The number of hydrogen-bond donors (Lipinski definition) is 0. The molecule has 13 heavy (non-hydrogen) atoms. The van der Waals surface area contributed by atoms with Crippen molar-refractivity contribution in [2.75, 3.05) is 14.1 Å². The van der Waals surface area contributed by atoms with Crippen LogP contribution in [0.4, 0.5) is 0 Å². The molecule has 0 radical (unpaired) electrons. The highest BCUT2D eigenvalue weighted by Gasteiger charge is 2.11. The van der Waals surface area contributed by atoms with E-state index in [9.17, 15) is 0 Å². The first-order valence-electron chi connectivity index (χ1n) is 5.26. The van der Waals surface area contributed by atoms with Crippen molar-refractivity contribution in [2.45, 2.75) is 46.6 Å². The Kier molecular flexibility index (Phi) is 6.35. The molecule has 0 fully saturated rings. The Morgan fingerprint density at radius 2 is 1.54 bits per heavy atom. The third-order valence-electron chi connectivity index (χ3n) is 2.00. The summed E-state index contributed by atoms with van der Waals surface area (Å²) in [7, 11) is 3.87. The Hall–Kier alpha value is -0.0800. The Bertz CT molecular complexity index is 109. The van der Waals surface area contributed by atoms with E-state index in [0.29, 0.717) is 6.10 Å². The largest absolute Gasteiger partial charge is 0.297 e. The van der Waals surface area contributed by atoms with Crippen molar-refractivity contribution in [3.63, 3.8) is 0 Å². The molecule has 0 aromatic heterocycles. The van der Waals surface area contributed by atoms with Crippen LogP contribution in [-0.4, -0.2) is 25.3 Å². The van der Waals surface area contributed by atoms with Gasteiger partial charge in [-0.2, -0.15) is 5.06 Å². The number of hydroxylamine groups is 2. The zero-order valence-electron chi connectivity index (χ0n) is 10.0. The van der Waals surface area contributed by atoms with Crippen LogP contribution in [0, 0.1) is 11.8 Å². The molecular weight excluding hydrogens is 162 g/mol. The molecule has 2 atom stereocenters. The van der Waals surface area contributed by atoms with Crippen LogP contribution in [0.25, 0.3) is 0 Å². The third-order valence-corrected chi connectivity index (χ3v) is 2.00. The van der Waals surface area contributed by atoms with Gasteiger partial charge in [0.15, 0.2) is 0 Å². The molecule has 0 aromatic carbocycles. The fraction of sp³-hybridized carbons (Fsp3) is 1.00. The van der Waals surface area contributed by atoms with Gasteiger partial charge in [-0.25, -0.2) is 0 Å². The van der Waals surface area contributed by atoms with E-state index in [0.717, 1.165) is 18.3 Å². The fourth-order valence-electron chi connectivity index (χ4n) is 1.87. The number of hydrogen-bond acceptors (Lipinski definition) is 2. The molecule has 0 N–H and O–H groups in total. The van der Waals surface area contributed by atoms with Gasteiger partial charge in [0.25, 0.3) is 0 Å². The zero-order valence-corrected chi connectivity index (χ0v) is 10.0. The molecule has 0 amide bonds. The lowest BCUT2D eigenvalue weighted by Crippen LogP contribution is -2.22. The summed E-state index contributed by atoms with van der Waals surface area (Å²) in [5.41, 5.74) is 0. The van der Waals surface area contributed by atoms with Crippen LogP contribution in [0.5, 0.6) is 0 Å². The summed E-state index contributed by atoms with van der Waals surface area (Å²) in [6, 6.07) is 0. The van der Waals surface area contributed by atoms with E-state index in [1.54, 1.807) is 5.06 Å². The summed E-state index contributed by atoms with van der Waals surface area (Å²) in [6.07, 6.45) is 2.78. The summed E-state index contributed by atoms with van der Waals surface area (Å²) in [4.78, 5) is 5.54. The molecule has 0 saturated heterocycles. The lowest BCUT2D eigenvalue weighted by molar-refractivity contribution is -0.163. The van der Waals surface area contributed by atoms with Gasteiger partial charge in [0.2, 0.25) is 0 Å². The van der Waals surface area contributed by atoms with Gasteiger partial charge < -0.3 is 0 Å². The van der Waals surface area contributed by atoms with Gasteiger partial charge in [0.1, 0.15) is 0 Å². The molecule has 2 unspecified atom stereocenters. The van der Waals surface area contributed by atoms with Crippen molar-refractivity contribution < 1.29 is 4.84 Å².